The number of anilines is 1. The van der Waals surface area contributed by atoms with Gasteiger partial charge in [-0.2, -0.15) is 0 Å². The van der Waals surface area contributed by atoms with Gasteiger partial charge in [-0.15, -0.1) is 0 Å². The number of para-hydroxylation sites is 1. The maximum atomic E-state index is 5.92. The van der Waals surface area contributed by atoms with Crippen LogP contribution in [0, 0.1) is 0 Å². The number of aromatic nitrogens is 2. The highest BCUT2D eigenvalue weighted by Gasteiger charge is 2.09. The van der Waals surface area contributed by atoms with Crippen molar-refractivity contribution in [3.63, 3.8) is 0 Å². The van der Waals surface area contributed by atoms with Gasteiger partial charge >= 0.3 is 0 Å². The van der Waals surface area contributed by atoms with E-state index < -0.39 is 0 Å². The molecule has 3 nitrogen and oxygen atoms in total. The molecule has 1 heterocycles. The first-order valence-electron chi connectivity index (χ1n) is 8.90. The molecular formula is C24H17N3. The highest BCUT2D eigenvalue weighted by atomic mass is 15.0. The molecule has 0 spiro atoms. The second kappa shape index (κ2) is 6.22. The van der Waals surface area contributed by atoms with Crippen molar-refractivity contribution in [3.05, 3.63) is 91.0 Å². The van der Waals surface area contributed by atoms with E-state index in [4.69, 9.17) is 5.73 Å². The van der Waals surface area contributed by atoms with Gasteiger partial charge in [-0.25, -0.2) is 9.97 Å². The van der Waals surface area contributed by atoms with Crippen LogP contribution in [0.15, 0.2) is 91.0 Å². The molecule has 0 aliphatic carbocycles. The number of fused-ring (bicyclic) bond motifs is 2. The summed E-state index contributed by atoms with van der Waals surface area (Å²) < 4.78 is 0. The van der Waals surface area contributed by atoms with Gasteiger partial charge in [-0.1, -0.05) is 84.9 Å². The second-order valence-electron chi connectivity index (χ2n) is 6.55. The molecule has 2 N–H and O–H groups in total. The Morgan fingerprint density at radius 3 is 2.07 bits per heavy atom. The fourth-order valence-electron chi connectivity index (χ4n) is 3.60. The summed E-state index contributed by atoms with van der Waals surface area (Å²) in [6.07, 6.45) is 0. The molecule has 0 saturated carbocycles. The van der Waals surface area contributed by atoms with Crippen LogP contribution in [0.5, 0.6) is 0 Å². The van der Waals surface area contributed by atoms with Gasteiger partial charge in [-0.3, -0.25) is 0 Å². The molecular weight excluding hydrogens is 330 g/mol. The lowest BCUT2D eigenvalue weighted by atomic mass is 9.96. The molecule has 5 aromatic rings. The lowest BCUT2D eigenvalue weighted by molar-refractivity contribution is 1.24. The largest absolute Gasteiger partial charge is 0.368 e. The van der Waals surface area contributed by atoms with E-state index in [9.17, 15) is 0 Å². The molecule has 128 valence electrons. The van der Waals surface area contributed by atoms with Gasteiger partial charge in [0.25, 0.3) is 0 Å². The third-order valence-corrected chi connectivity index (χ3v) is 4.88. The van der Waals surface area contributed by atoms with Crippen LogP contribution in [0.4, 0.5) is 5.95 Å². The summed E-state index contributed by atoms with van der Waals surface area (Å²) in [6.45, 7) is 0. The van der Waals surface area contributed by atoms with Crippen LogP contribution in [0.25, 0.3) is 44.1 Å². The third-order valence-electron chi connectivity index (χ3n) is 4.88. The number of hydrogen-bond acceptors (Lipinski definition) is 3. The Hall–Kier alpha value is -3.72. The number of rotatable bonds is 2. The van der Waals surface area contributed by atoms with Crippen LogP contribution in [-0.4, -0.2) is 9.97 Å². The molecule has 0 bridgehead atoms. The molecule has 0 unspecified atom stereocenters. The van der Waals surface area contributed by atoms with Crippen molar-refractivity contribution in [2.45, 2.75) is 0 Å². The Balaban J connectivity index is 1.64. The molecule has 0 atom stereocenters. The Labute approximate surface area is 157 Å². The number of nitrogens with two attached hydrogens (primary N) is 1. The van der Waals surface area contributed by atoms with Crippen LogP contribution in [0.2, 0.25) is 0 Å². The van der Waals surface area contributed by atoms with Crippen molar-refractivity contribution in [1.82, 2.24) is 9.97 Å². The zero-order valence-corrected chi connectivity index (χ0v) is 14.6. The first-order chi connectivity index (χ1) is 13.3. The van der Waals surface area contributed by atoms with E-state index in [1.54, 1.807) is 0 Å². The smallest absolute Gasteiger partial charge is 0.221 e. The minimum Gasteiger partial charge on any atom is -0.368 e. The van der Waals surface area contributed by atoms with Crippen LogP contribution >= 0.6 is 0 Å². The second-order valence-corrected chi connectivity index (χ2v) is 6.55. The SMILES string of the molecule is Nc1nc(-c2ccc(-c3cccc4ccccc34)cc2)c2ccccc2n1. The van der Waals surface area contributed by atoms with E-state index in [1.807, 2.05) is 24.3 Å². The van der Waals surface area contributed by atoms with Crippen molar-refractivity contribution < 1.29 is 0 Å². The molecule has 5 rings (SSSR count). The van der Waals surface area contributed by atoms with Gasteiger partial charge in [0.2, 0.25) is 5.95 Å². The lowest BCUT2D eigenvalue weighted by Crippen LogP contribution is -1.98. The van der Waals surface area contributed by atoms with E-state index in [0.717, 1.165) is 22.2 Å². The Kier molecular flexibility index (Phi) is 3.58. The van der Waals surface area contributed by atoms with Crippen molar-refractivity contribution >= 4 is 27.6 Å². The molecule has 27 heavy (non-hydrogen) atoms. The number of nitrogens with zero attached hydrogens (tertiary/aromatic N) is 2. The molecule has 0 radical (unpaired) electrons. The predicted molar refractivity (Wildman–Crippen MR) is 112 cm³/mol. The van der Waals surface area contributed by atoms with Crippen LogP contribution in [0.1, 0.15) is 0 Å². The normalized spacial score (nSPS) is 11.1. The quantitative estimate of drug-likeness (QED) is 0.446. The minimum absolute atomic E-state index is 0.293. The molecule has 0 amide bonds. The Morgan fingerprint density at radius 1 is 0.556 bits per heavy atom. The average Bonchev–Trinajstić information content (AvgIpc) is 2.73. The van der Waals surface area contributed by atoms with E-state index in [-0.39, 0.29) is 0 Å². The highest BCUT2D eigenvalue weighted by Crippen LogP contribution is 2.32. The molecule has 1 aromatic heterocycles. The molecule has 0 aliphatic heterocycles. The first kappa shape index (κ1) is 15.5. The maximum Gasteiger partial charge on any atom is 0.221 e. The van der Waals surface area contributed by atoms with Crippen molar-refractivity contribution in [3.8, 4) is 22.4 Å². The van der Waals surface area contributed by atoms with Crippen LogP contribution in [0.3, 0.4) is 0 Å². The molecule has 0 saturated heterocycles. The summed E-state index contributed by atoms with van der Waals surface area (Å²) in [5.41, 5.74) is 11.1. The third kappa shape index (κ3) is 2.70. The maximum absolute atomic E-state index is 5.92. The fourth-order valence-corrected chi connectivity index (χ4v) is 3.60. The van der Waals surface area contributed by atoms with Crippen molar-refractivity contribution in [1.29, 1.82) is 0 Å². The molecule has 0 fully saturated rings. The van der Waals surface area contributed by atoms with Crippen molar-refractivity contribution in [2.24, 2.45) is 0 Å². The Bertz CT molecular complexity index is 1270. The standard InChI is InChI=1S/C24H17N3/c25-24-26-22-11-4-3-9-21(22)23(27-24)18-14-12-17(13-15-18)20-10-5-7-16-6-1-2-8-19(16)20/h1-15H,(H2,25,26,27). The topological polar surface area (TPSA) is 51.8 Å². The zero-order valence-electron chi connectivity index (χ0n) is 14.6. The molecule has 3 heteroatoms. The molecule has 0 aliphatic rings. The zero-order chi connectivity index (χ0) is 18.2. The predicted octanol–water partition coefficient (Wildman–Crippen LogP) is 5.70. The van der Waals surface area contributed by atoms with E-state index in [2.05, 4.69) is 76.7 Å². The first-order valence-corrected chi connectivity index (χ1v) is 8.90. The minimum atomic E-state index is 0.293. The van der Waals surface area contributed by atoms with Gasteiger partial charge in [-0.05, 0) is 28.0 Å². The average molecular weight is 347 g/mol. The number of benzene rings is 4. The van der Waals surface area contributed by atoms with E-state index in [0.29, 0.717) is 5.95 Å². The van der Waals surface area contributed by atoms with Gasteiger partial charge in [0.15, 0.2) is 0 Å². The van der Waals surface area contributed by atoms with Crippen LogP contribution < -0.4 is 5.73 Å². The summed E-state index contributed by atoms with van der Waals surface area (Å²) >= 11 is 0. The van der Waals surface area contributed by atoms with E-state index >= 15 is 0 Å². The van der Waals surface area contributed by atoms with Crippen LogP contribution in [-0.2, 0) is 0 Å². The van der Waals surface area contributed by atoms with E-state index in [1.165, 1.54) is 21.9 Å². The lowest BCUT2D eigenvalue weighted by Gasteiger charge is -2.10. The monoisotopic (exact) mass is 347 g/mol. The highest BCUT2D eigenvalue weighted by molar-refractivity contribution is 5.97. The summed E-state index contributed by atoms with van der Waals surface area (Å²) in [6, 6.07) is 31.3. The van der Waals surface area contributed by atoms with Gasteiger partial charge in [0.1, 0.15) is 0 Å². The Morgan fingerprint density at radius 2 is 1.22 bits per heavy atom. The number of nitrogen functional groups attached to an aromatic ring is 1. The summed E-state index contributed by atoms with van der Waals surface area (Å²) in [5.74, 6) is 0.293. The van der Waals surface area contributed by atoms with Gasteiger partial charge in [0.05, 0.1) is 11.2 Å². The summed E-state index contributed by atoms with van der Waals surface area (Å²) in [7, 11) is 0. The summed E-state index contributed by atoms with van der Waals surface area (Å²) in [5, 5.41) is 3.50. The molecule has 4 aromatic carbocycles. The fraction of sp³-hybridized carbons (Fsp3) is 0. The number of hydrogen-bond donors (Lipinski definition) is 1. The van der Waals surface area contributed by atoms with Crippen molar-refractivity contribution in [2.75, 3.05) is 5.73 Å². The van der Waals surface area contributed by atoms with Gasteiger partial charge in [0, 0.05) is 10.9 Å². The van der Waals surface area contributed by atoms with Gasteiger partial charge < -0.3 is 5.73 Å². The summed E-state index contributed by atoms with van der Waals surface area (Å²) in [4.78, 5) is 8.82.